The first-order valence-electron chi connectivity index (χ1n) is 11.5. The van der Waals surface area contributed by atoms with Crippen LogP contribution in [0.2, 0.25) is 0 Å². The Labute approximate surface area is 211 Å². The Morgan fingerprint density at radius 2 is 1.80 bits per heavy atom. The van der Waals surface area contributed by atoms with Crippen molar-refractivity contribution in [3.63, 3.8) is 0 Å². The molecule has 0 radical (unpaired) electrons. The van der Waals surface area contributed by atoms with Crippen LogP contribution in [0.15, 0.2) is 79.0 Å². The average molecular weight is 491 g/mol. The molecule has 1 aliphatic rings. The predicted octanol–water partition coefficient (Wildman–Crippen LogP) is 5.87. The van der Waals surface area contributed by atoms with Crippen LogP contribution >= 0.6 is 12.4 Å². The maximum atomic E-state index is 14.6. The Morgan fingerprint density at radius 3 is 2.63 bits per heavy atom. The number of halogens is 2. The number of nitrogens with zero attached hydrogens (tertiary/aromatic N) is 2. The smallest absolute Gasteiger partial charge is 0.227 e. The molecule has 3 aromatic carbocycles. The summed E-state index contributed by atoms with van der Waals surface area (Å²) in [6.45, 7) is 2.24. The molecule has 0 saturated heterocycles. The zero-order valence-electron chi connectivity index (χ0n) is 19.5. The van der Waals surface area contributed by atoms with Crippen LogP contribution in [-0.2, 0) is 17.7 Å². The van der Waals surface area contributed by atoms with E-state index in [0.29, 0.717) is 24.5 Å². The van der Waals surface area contributed by atoms with Gasteiger partial charge in [-0.3, -0.25) is 0 Å². The van der Waals surface area contributed by atoms with Gasteiger partial charge < -0.3 is 15.4 Å². The van der Waals surface area contributed by atoms with Crippen molar-refractivity contribution in [2.75, 3.05) is 25.6 Å². The molecule has 35 heavy (non-hydrogen) atoms. The number of benzene rings is 3. The number of anilines is 2. The average Bonchev–Trinajstić information content (AvgIpc) is 2.87. The second kappa shape index (κ2) is 11.4. The molecule has 0 aliphatic heterocycles. The SMILES string of the molecule is COCCNCc1cccc(Nc2ncc3c(n2)-c2ccccc2C(c2ccccc2F)C3)c1.Cl. The minimum Gasteiger partial charge on any atom is -0.383 e. The third kappa shape index (κ3) is 5.51. The molecule has 0 spiro atoms. The van der Waals surface area contributed by atoms with E-state index in [0.717, 1.165) is 46.7 Å². The van der Waals surface area contributed by atoms with E-state index in [-0.39, 0.29) is 24.1 Å². The summed E-state index contributed by atoms with van der Waals surface area (Å²) in [5.41, 5.74) is 6.84. The molecule has 0 amide bonds. The molecule has 1 unspecified atom stereocenters. The quantitative estimate of drug-likeness (QED) is 0.302. The van der Waals surface area contributed by atoms with E-state index < -0.39 is 0 Å². The zero-order chi connectivity index (χ0) is 23.3. The number of hydrogen-bond donors (Lipinski definition) is 2. The zero-order valence-corrected chi connectivity index (χ0v) is 20.3. The van der Waals surface area contributed by atoms with Crippen LogP contribution in [0.25, 0.3) is 11.3 Å². The number of hydrogen-bond acceptors (Lipinski definition) is 5. The van der Waals surface area contributed by atoms with Crippen molar-refractivity contribution in [2.24, 2.45) is 0 Å². The van der Waals surface area contributed by atoms with Crippen LogP contribution in [-0.4, -0.2) is 30.2 Å². The molecule has 5 nitrogen and oxygen atoms in total. The van der Waals surface area contributed by atoms with Gasteiger partial charge in [-0.05, 0) is 46.9 Å². The minimum absolute atomic E-state index is 0. The van der Waals surface area contributed by atoms with Crippen LogP contribution in [0.3, 0.4) is 0 Å². The number of nitrogens with one attached hydrogen (secondary N) is 2. The van der Waals surface area contributed by atoms with Gasteiger partial charge >= 0.3 is 0 Å². The molecule has 0 bridgehead atoms. The van der Waals surface area contributed by atoms with Gasteiger partial charge in [-0.25, -0.2) is 14.4 Å². The number of ether oxygens (including phenoxy) is 1. The lowest BCUT2D eigenvalue weighted by Gasteiger charge is -2.27. The van der Waals surface area contributed by atoms with Crippen LogP contribution < -0.4 is 10.6 Å². The van der Waals surface area contributed by atoms with E-state index in [2.05, 4.69) is 39.9 Å². The van der Waals surface area contributed by atoms with Crippen LogP contribution in [0, 0.1) is 5.82 Å². The summed E-state index contributed by atoms with van der Waals surface area (Å²) in [5, 5.41) is 6.70. The third-order valence-electron chi connectivity index (χ3n) is 6.16. The fraction of sp³-hybridized carbons (Fsp3) is 0.214. The molecule has 4 aromatic rings. The molecule has 5 rings (SSSR count). The van der Waals surface area contributed by atoms with Crippen molar-refractivity contribution in [3.05, 3.63) is 107 Å². The summed E-state index contributed by atoms with van der Waals surface area (Å²) in [6, 6.07) is 23.3. The Morgan fingerprint density at radius 1 is 1.00 bits per heavy atom. The molecule has 0 saturated carbocycles. The molecule has 1 aromatic heterocycles. The highest BCUT2D eigenvalue weighted by Gasteiger charge is 2.28. The van der Waals surface area contributed by atoms with Crippen molar-refractivity contribution in [1.82, 2.24) is 15.3 Å². The second-order valence-corrected chi connectivity index (χ2v) is 8.43. The van der Waals surface area contributed by atoms with Gasteiger partial charge in [0, 0.05) is 43.6 Å². The van der Waals surface area contributed by atoms with Crippen molar-refractivity contribution >= 4 is 24.0 Å². The fourth-order valence-corrected chi connectivity index (χ4v) is 4.53. The topological polar surface area (TPSA) is 59.1 Å². The summed E-state index contributed by atoms with van der Waals surface area (Å²) in [7, 11) is 1.70. The molecule has 1 heterocycles. The second-order valence-electron chi connectivity index (χ2n) is 8.43. The lowest BCUT2D eigenvalue weighted by Crippen LogP contribution is -2.18. The van der Waals surface area contributed by atoms with E-state index >= 15 is 0 Å². The first-order valence-corrected chi connectivity index (χ1v) is 11.5. The minimum atomic E-state index is -0.179. The summed E-state index contributed by atoms with van der Waals surface area (Å²) in [6.07, 6.45) is 2.53. The molecule has 180 valence electrons. The van der Waals surface area contributed by atoms with Gasteiger partial charge in [0.1, 0.15) is 5.82 Å². The van der Waals surface area contributed by atoms with Gasteiger partial charge in [-0.1, -0.05) is 54.6 Å². The third-order valence-corrected chi connectivity index (χ3v) is 6.16. The van der Waals surface area contributed by atoms with E-state index in [1.807, 2.05) is 42.6 Å². The monoisotopic (exact) mass is 490 g/mol. The molecule has 2 N–H and O–H groups in total. The van der Waals surface area contributed by atoms with E-state index in [1.54, 1.807) is 13.2 Å². The molecule has 0 fully saturated rings. The van der Waals surface area contributed by atoms with Crippen LogP contribution in [0.5, 0.6) is 0 Å². The lowest BCUT2D eigenvalue weighted by molar-refractivity contribution is 0.199. The van der Waals surface area contributed by atoms with Crippen LogP contribution in [0.4, 0.5) is 16.0 Å². The maximum Gasteiger partial charge on any atom is 0.227 e. The van der Waals surface area contributed by atoms with Crippen molar-refractivity contribution in [1.29, 1.82) is 0 Å². The number of methoxy groups -OCH3 is 1. The molecule has 1 atom stereocenters. The predicted molar refractivity (Wildman–Crippen MR) is 140 cm³/mol. The summed E-state index contributed by atoms with van der Waals surface area (Å²) < 4.78 is 19.7. The number of rotatable bonds is 8. The molecular weight excluding hydrogens is 463 g/mol. The van der Waals surface area contributed by atoms with Gasteiger partial charge in [-0.2, -0.15) is 0 Å². The van der Waals surface area contributed by atoms with Gasteiger partial charge in [-0.15, -0.1) is 12.4 Å². The molecule has 7 heteroatoms. The lowest BCUT2D eigenvalue weighted by atomic mass is 9.78. The van der Waals surface area contributed by atoms with Gasteiger partial charge in [0.2, 0.25) is 5.95 Å². The van der Waals surface area contributed by atoms with E-state index in [9.17, 15) is 4.39 Å². The Balaban J connectivity index is 0.00000289. The normalized spacial score (nSPS) is 13.9. The highest BCUT2D eigenvalue weighted by molar-refractivity contribution is 5.85. The van der Waals surface area contributed by atoms with Crippen molar-refractivity contribution < 1.29 is 9.13 Å². The van der Waals surface area contributed by atoms with Gasteiger partial charge in [0.25, 0.3) is 0 Å². The highest BCUT2D eigenvalue weighted by Crippen LogP contribution is 2.42. The van der Waals surface area contributed by atoms with Gasteiger partial charge in [0.05, 0.1) is 12.3 Å². The first-order chi connectivity index (χ1) is 16.7. The summed E-state index contributed by atoms with van der Waals surface area (Å²) in [4.78, 5) is 9.45. The fourth-order valence-electron chi connectivity index (χ4n) is 4.53. The van der Waals surface area contributed by atoms with E-state index in [1.165, 1.54) is 6.07 Å². The van der Waals surface area contributed by atoms with E-state index in [4.69, 9.17) is 9.72 Å². The Hall–Kier alpha value is -3.32. The van der Waals surface area contributed by atoms with Gasteiger partial charge in [0.15, 0.2) is 0 Å². The first kappa shape index (κ1) is 24.8. The van der Waals surface area contributed by atoms with Crippen molar-refractivity contribution in [2.45, 2.75) is 18.9 Å². The maximum absolute atomic E-state index is 14.6. The standard InChI is InChI=1S/C28H27FN4O.ClH/c1-34-14-13-30-17-19-7-6-8-21(15-19)32-28-31-18-20-16-25(23-10-4-5-12-26(23)29)22-9-2-3-11-24(22)27(20)33-28;/h2-12,15,18,25,30H,13-14,16-17H2,1H3,(H,31,32,33);1H. The highest BCUT2D eigenvalue weighted by atomic mass is 35.5. The number of fused-ring (bicyclic) bond motifs is 3. The van der Waals surface area contributed by atoms with Crippen molar-refractivity contribution in [3.8, 4) is 11.3 Å². The largest absolute Gasteiger partial charge is 0.383 e. The Kier molecular flexibility index (Phi) is 8.08. The van der Waals surface area contributed by atoms with Crippen LogP contribution in [0.1, 0.15) is 28.2 Å². The summed E-state index contributed by atoms with van der Waals surface area (Å²) in [5.74, 6) is 0.304. The molecule has 1 aliphatic carbocycles. The number of aromatic nitrogens is 2. The summed E-state index contributed by atoms with van der Waals surface area (Å²) >= 11 is 0. The Bertz CT molecular complexity index is 1300. The molecular formula is C28H28ClFN4O.